The van der Waals surface area contributed by atoms with E-state index in [2.05, 4.69) is 27.9 Å². The Labute approximate surface area is 153 Å². The van der Waals surface area contributed by atoms with Crippen molar-refractivity contribution in [2.45, 2.75) is 12.8 Å². The van der Waals surface area contributed by atoms with Gasteiger partial charge in [-0.2, -0.15) is 0 Å². The van der Waals surface area contributed by atoms with Gasteiger partial charge in [0.05, 0.1) is 0 Å². The number of carbonyl (C=O) groups excluding carboxylic acids is 2. The van der Waals surface area contributed by atoms with Crippen LogP contribution in [0.2, 0.25) is 5.02 Å². The van der Waals surface area contributed by atoms with Gasteiger partial charge in [0.1, 0.15) is 0 Å². The normalized spacial score (nSPS) is 11.7. The molecule has 1 atom stereocenters. The summed E-state index contributed by atoms with van der Waals surface area (Å²) in [5.41, 5.74) is 1.48. The van der Waals surface area contributed by atoms with Crippen LogP contribution in [0, 0.1) is 9.49 Å². The van der Waals surface area contributed by atoms with Crippen LogP contribution in [0.3, 0.4) is 0 Å². The maximum atomic E-state index is 12.4. The molecule has 0 saturated heterocycles. The second kappa shape index (κ2) is 8.31. The highest BCUT2D eigenvalue weighted by Crippen LogP contribution is 2.18. The number of carbonyl (C=O) groups is 2. The number of hydrogen-bond donors (Lipinski definition) is 1. The quantitative estimate of drug-likeness (QED) is 0.700. The van der Waals surface area contributed by atoms with Crippen molar-refractivity contribution in [3.63, 3.8) is 0 Å². The number of hydrogen-bond acceptors (Lipinski definition) is 3. The van der Waals surface area contributed by atoms with E-state index in [4.69, 9.17) is 11.6 Å². The summed E-state index contributed by atoms with van der Waals surface area (Å²) in [5, 5.41) is 14.3. The monoisotopic (exact) mass is 442 g/mol. The van der Waals surface area contributed by atoms with E-state index in [-0.39, 0.29) is 12.3 Å². The first-order valence-corrected chi connectivity index (χ1v) is 8.40. The molecular formula is C17H14ClINO3-. The van der Waals surface area contributed by atoms with Gasteiger partial charge < -0.3 is 15.2 Å². The number of carboxylic acid groups (broad SMARTS) is 1. The van der Waals surface area contributed by atoms with Gasteiger partial charge in [0.2, 0.25) is 5.91 Å². The molecule has 120 valence electrons. The first-order chi connectivity index (χ1) is 10.9. The minimum atomic E-state index is -1.25. The van der Waals surface area contributed by atoms with Crippen molar-refractivity contribution in [1.29, 1.82) is 0 Å². The van der Waals surface area contributed by atoms with Crippen LogP contribution in [0.15, 0.2) is 48.5 Å². The summed E-state index contributed by atoms with van der Waals surface area (Å²) in [6.07, 6.45) is -0.0276. The van der Waals surface area contributed by atoms with Crippen LogP contribution in [-0.4, -0.2) is 11.9 Å². The molecule has 0 radical (unpaired) electrons. The Morgan fingerprint density at radius 1 is 1.09 bits per heavy atom. The third-order valence-corrected chi connectivity index (χ3v) is 4.26. The fourth-order valence-corrected chi connectivity index (χ4v) is 2.63. The van der Waals surface area contributed by atoms with Crippen molar-refractivity contribution in [2.24, 2.45) is 5.92 Å². The number of halogens is 2. The molecule has 4 nitrogen and oxygen atoms in total. The average Bonchev–Trinajstić information content (AvgIpc) is 2.50. The van der Waals surface area contributed by atoms with Crippen molar-refractivity contribution in [3.05, 3.63) is 62.7 Å². The first kappa shape index (κ1) is 17.7. The molecule has 0 aliphatic rings. The molecule has 0 aliphatic carbocycles. The fourth-order valence-electron chi connectivity index (χ4n) is 2.14. The van der Waals surface area contributed by atoms with E-state index < -0.39 is 11.9 Å². The van der Waals surface area contributed by atoms with E-state index in [0.717, 1.165) is 9.13 Å². The topological polar surface area (TPSA) is 69.2 Å². The Morgan fingerprint density at radius 2 is 1.70 bits per heavy atom. The second-order valence-corrected chi connectivity index (χ2v) is 6.78. The fraction of sp³-hybridized carbons (Fsp3) is 0.176. The Balaban J connectivity index is 2.09. The number of anilines is 1. The van der Waals surface area contributed by atoms with Gasteiger partial charge in [0.25, 0.3) is 0 Å². The Hall–Kier alpha value is -1.60. The highest BCUT2D eigenvalue weighted by Gasteiger charge is 2.19. The number of benzene rings is 2. The lowest BCUT2D eigenvalue weighted by atomic mass is 9.95. The molecule has 0 fully saturated rings. The summed E-state index contributed by atoms with van der Waals surface area (Å²) < 4.78 is 1.05. The molecule has 1 unspecified atom stereocenters. The Bertz CT molecular complexity index is 686. The molecule has 0 heterocycles. The first-order valence-electron chi connectivity index (χ1n) is 6.95. The van der Waals surface area contributed by atoms with E-state index in [1.807, 2.05) is 12.1 Å². The van der Waals surface area contributed by atoms with Crippen LogP contribution in [0.4, 0.5) is 5.69 Å². The summed E-state index contributed by atoms with van der Waals surface area (Å²) in [4.78, 5) is 23.3. The Kier molecular flexibility index (Phi) is 6.41. The predicted molar refractivity (Wildman–Crippen MR) is 96.1 cm³/mol. The van der Waals surface area contributed by atoms with E-state index in [1.165, 1.54) is 0 Å². The summed E-state index contributed by atoms with van der Waals surface area (Å²) in [6, 6.07) is 14.3. The molecule has 0 saturated carbocycles. The molecule has 0 aromatic heterocycles. The predicted octanol–water partition coefficient (Wildman–Crippen LogP) is 2.88. The van der Waals surface area contributed by atoms with Crippen molar-refractivity contribution >= 4 is 51.8 Å². The van der Waals surface area contributed by atoms with Gasteiger partial charge in [-0.05, 0) is 77.4 Å². The number of amides is 1. The third kappa shape index (κ3) is 5.84. The maximum absolute atomic E-state index is 12.4. The third-order valence-electron chi connectivity index (χ3n) is 3.29. The molecule has 1 amide bonds. The van der Waals surface area contributed by atoms with Gasteiger partial charge in [-0.3, -0.25) is 4.79 Å². The van der Waals surface area contributed by atoms with E-state index >= 15 is 0 Å². The molecule has 23 heavy (non-hydrogen) atoms. The van der Waals surface area contributed by atoms with Crippen LogP contribution >= 0.6 is 34.2 Å². The average molecular weight is 443 g/mol. The zero-order valence-corrected chi connectivity index (χ0v) is 15.0. The highest BCUT2D eigenvalue weighted by molar-refractivity contribution is 14.1. The number of rotatable bonds is 6. The smallest absolute Gasteiger partial charge is 0.228 e. The van der Waals surface area contributed by atoms with Gasteiger partial charge in [-0.15, -0.1) is 0 Å². The molecule has 0 aliphatic heterocycles. The van der Waals surface area contributed by atoms with Crippen molar-refractivity contribution < 1.29 is 14.7 Å². The molecular weight excluding hydrogens is 429 g/mol. The van der Waals surface area contributed by atoms with Crippen molar-refractivity contribution in [3.8, 4) is 0 Å². The lowest BCUT2D eigenvalue weighted by Crippen LogP contribution is -2.32. The van der Waals surface area contributed by atoms with E-state index in [0.29, 0.717) is 17.1 Å². The van der Waals surface area contributed by atoms with E-state index in [9.17, 15) is 14.7 Å². The molecule has 6 heteroatoms. The van der Waals surface area contributed by atoms with Crippen molar-refractivity contribution in [1.82, 2.24) is 0 Å². The van der Waals surface area contributed by atoms with Gasteiger partial charge in [-0.25, -0.2) is 0 Å². The molecule has 2 rings (SSSR count). The Morgan fingerprint density at radius 3 is 2.26 bits per heavy atom. The molecule has 2 aromatic rings. The van der Waals surface area contributed by atoms with Crippen LogP contribution < -0.4 is 10.4 Å². The maximum Gasteiger partial charge on any atom is 0.228 e. The van der Waals surface area contributed by atoms with Gasteiger partial charge >= 0.3 is 0 Å². The standard InChI is InChI=1S/C17H15ClINO3/c18-13-3-1-11(2-4-13)9-12(10-16(21)22)17(23)20-15-7-5-14(19)6-8-15/h1-8,12H,9-10H2,(H,20,23)(H,21,22)/p-1. The number of aliphatic carboxylic acids is 1. The van der Waals surface area contributed by atoms with Crippen LogP contribution in [0.25, 0.3) is 0 Å². The minimum Gasteiger partial charge on any atom is -0.550 e. The summed E-state index contributed by atoms with van der Waals surface area (Å²) in [5.74, 6) is -2.30. The zero-order chi connectivity index (χ0) is 16.8. The zero-order valence-electron chi connectivity index (χ0n) is 12.1. The number of carboxylic acids is 1. The summed E-state index contributed by atoms with van der Waals surface area (Å²) in [7, 11) is 0. The van der Waals surface area contributed by atoms with E-state index in [1.54, 1.807) is 36.4 Å². The minimum absolute atomic E-state index is 0.307. The SMILES string of the molecule is O=C([O-])CC(Cc1ccc(Cl)cc1)C(=O)Nc1ccc(I)cc1. The molecule has 2 aromatic carbocycles. The van der Waals surface area contributed by atoms with Gasteiger partial charge in [-0.1, -0.05) is 23.7 Å². The number of nitrogens with one attached hydrogen (secondary N) is 1. The molecule has 0 spiro atoms. The molecule has 1 N–H and O–H groups in total. The lowest BCUT2D eigenvalue weighted by Gasteiger charge is -2.17. The highest BCUT2D eigenvalue weighted by atomic mass is 127. The van der Waals surface area contributed by atoms with Crippen LogP contribution in [0.1, 0.15) is 12.0 Å². The second-order valence-electron chi connectivity index (χ2n) is 5.10. The lowest BCUT2D eigenvalue weighted by molar-refractivity contribution is -0.306. The van der Waals surface area contributed by atoms with Crippen LogP contribution in [-0.2, 0) is 16.0 Å². The summed E-state index contributed by atoms with van der Waals surface area (Å²) in [6.45, 7) is 0. The van der Waals surface area contributed by atoms with Crippen LogP contribution in [0.5, 0.6) is 0 Å². The largest absolute Gasteiger partial charge is 0.550 e. The van der Waals surface area contributed by atoms with Gasteiger partial charge in [0.15, 0.2) is 0 Å². The summed E-state index contributed by atoms with van der Waals surface area (Å²) >= 11 is 8.00. The van der Waals surface area contributed by atoms with Gasteiger partial charge in [0, 0.05) is 26.2 Å². The molecule has 0 bridgehead atoms. The van der Waals surface area contributed by atoms with Crippen molar-refractivity contribution in [2.75, 3.05) is 5.32 Å².